The zero-order valence-corrected chi connectivity index (χ0v) is 18.3. The van der Waals surface area contributed by atoms with Crippen LogP contribution in [0.15, 0.2) is 121 Å². The number of amides is 1. The number of rotatable bonds is 4. The summed E-state index contributed by atoms with van der Waals surface area (Å²) in [7, 11) is 0. The number of hydrogen-bond acceptors (Lipinski definition) is 2. The molecule has 3 nitrogen and oxygen atoms in total. The van der Waals surface area contributed by atoms with Crippen molar-refractivity contribution < 1.29 is 9.18 Å². The Balaban J connectivity index is 1.48. The van der Waals surface area contributed by atoms with E-state index in [1.165, 1.54) is 12.1 Å². The van der Waals surface area contributed by atoms with E-state index in [2.05, 4.69) is 17.4 Å². The molecule has 1 aliphatic heterocycles. The van der Waals surface area contributed by atoms with Gasteiger partial charge in [-0.25, -0.2) is 4.39 Å². The summed E-state index contributed by atoms with van der Waals surface area (Å²) in [5, 5.41) is 7.58. The molecule has 1 aliphatic rings. The van der Waals surface area contributed by atoms with Crippen LogP contribution in [0.3, 0.4) is 0 Å². The lowest BCUT2D eigenvalue weighted by atomic mass is 10.0. The number of benzene rings is 5. The quantitative estimate of drug-likeness (QED) is 0.317. The van der Waals surface area contributed by atoms with Crippen LogP contribution in [-0.4, -0.2) is 5.91 Å². The molecule has 6 rings (SSSR count). The van der Waals surface area contributed by atoms with Gasteiger partial charge in [0.2, 0.25) is 0 Å². The Kier molecular flexibility index (Phi) is 4.84. The van der Waals surface area contributed by atoms with Crippen molar-refractivity contribution in [3.8, 4) is 0 Å². The van der Waals surface area contributed by atoms with Gasteiger partial charge in [0.05, 0.1) is 11.7 Å². The Bertz CT molecular complexity index is 1560. The molecule has 0 saturated heterocycles. The normalized spacial score (nSPS) is 15.7. The monoisotopic (exact) mass is 444 g/mol. The fourth-order valence-corrected chi connectivity index (χ4v) is 4.72. The lowest BCUT2D eigenvalue weighted by molar-refractivity contribution is -0.114. The third-order valence-electron chi connectivity index (χ3n) is 6.35. The highest BCUT2D eigenvalue weighted by Gasteiger charge is 2.35. The summed E-state index contributed by atoms with van der Waals surface area (Å²) in [6, 6.07) is 34.0. The number of nitrogens with one attached hydrogen (secondary N) is 1. The number of anilines is 2. The van der Waals surface area contributed by atoms with Crippen LogP contribution < -0.4 is 10.2 Å². The maximum absolute atomic E-state index is 13.9. The van der Waals surface area contributed by atoms with Crippen molar-refractivity contribution in [2.75, 3.05) is 10.2 Å². The fourth-order valence-electron chi connectivity index (χ4n) is 4.72. The topological polar surface area (TPSA) is 32.3 Å². The SMILES string of the molecule is O=C1C(Nc2cccc3ccccc23)=C[C@H](c2ccc(F)cc2)N1c1cccc2ccccc12. The van der Waals surface area contributed by atoms with Gasteiger partial charge >= 0.3 is 0 Å². The van der Waals surface area contributed by atoms with E-state index in [1.807, 2.05) is 78.9 Å². The van der Waals surface area contributed by atoms with Crippen LogP contribution in [0, 0.1) is 5.82 Å². The van der Waals surface area contributed by atoms with Gasteiger partial charge in [0, 0.05) is 16.5 Å². The van der Waals surface area contributed by atoms with Gasteiger partial charge in [0.25, 0.3) is 5.91 Å². The van der Waals surface area contributed by atoms with Crippen molar-refractivity contribution in [1.29, 1.82) is 0 Å². The number of carbonyl (C=O) groups excluding carboxylic acids is 1. The molecule has 0 saturated carbocycles. The summed E-state index contributed by atoms with van der Waals surface area (Å²) in [5.41, 5.74) is 3.04. The van der Waals surface area contributed by atoms with Gasteiger partial charge in [-0.15, -0.1) is 0 Å². The van der Waals surface area contributed by atoms with Crippen LogP contribution in [0.5, 0.6) is 0 Å². The molecule has 4 heteroatoms. The van der Waals surface area contributed by atoms with E-state index >= 15 is 0 Å². The number of nitrogens with zero attached hydrogens (tertiary/aromatic N) is 1. The molecule has 0 radical (unpaired) electrons. The average Bonchev–Trinajstić information content (AvgIpc) is 3.20. The zero-order valence-electron chi connectivity index (χ0n) is 18.3. The highest BCUT2D eigenvalue weighted by Crippen LogP contribution is 2.40. The maximum Gasteiger partial charge on any atom is 0.275 e. The highest BCUT2D eigenvalue weighted by atomic mass is 19.1. The molecule has 34 heavy (non-hydrogen) atoms. The molecule has 0 aromatic heterocycles. The van der Waals surface area contributed by atoms with Gasteiger partial charge in [-0.05, 0) is 46.7 Å². The van der Waals surface area contributed by atoms with Gasteiger partial charge in [-0.1, -0.05) is 84.9 Å². The van der Waals surface area contributed by atoms with Crippen LogP contribution in [0.4, 0.5) is 15.8 Å². The minimum atomic E-state index is -0.364. The van der Waals surface area contributed by atoms with Crippen molar-refractivity contribution in [3.05, 3.63) is 132 Å². The number of carbonyl (C=O) groups is 1. The second-order valence-corrected chi connectivity index (χ2v) is 8.40. The Morgan fingerprint density at radius 2 is 1.29 bits per heavy atom. The molecule has 0 aliphatic carbocycles. The Labute approximate surface area is 196 Å². The summed E-state index contributed by atoms with van der Waals surface area (Å²) >= 11 is 0. The Morgan fingerprint density at radius 3 is 2.06 bits per heavy atom. The maximum atomic E-state index is 13.9. The van der Waals surface area contributed by atoms with E-state index in [4.69, 9.17) is 0 Å². The second kappa shape index (κ2) is 8.16. The lowest BCUT2D eigenvalue weighted by Crippen LogP contribution is -2.31. The number of hydrogen-bond donors (Lipinski definition) is 1. The molecule has 0 bridgehead atoms. The van der Waals surface area contributed by atoms with Crippen LogP contribution in [0.25, 0.3) is 21.5 Å². The predicted molar refractivity (Wildman–Crippen MR) is 136 cm³/mol. The summed E-state index contributed by atoms with van der Waals surface area (Å²) in [6.45, 7) is 0. The number of fused-ring (bicyclic) bond motifs is 2. The van der Waals surface area contributed by atoms with Crippen LogP contribution in [0.1, 0.15) is 11.6 Å². The standard InChI is InChI=1S/C30H21FN2O/c31-23-17-15-22(16-18-23)29-19-27(32-26-13-5-9-20-7-1-3-11-24(20)26)30(34)33(29)28-14-6-10-21-8-2-4-12-25(21)28/h1-19,29,32H/t29-/m1/s1. The molecule has 5 aromatic carbocycles. The van der Waals surface area contributed by atoms with E-state index in [1.54, 1.807) is 17.0 Å². The van der Waals surface area contributed by atoms with E-state index in [0.717, 1.165) is 38.5 Å². The molecule has 1 N–H and O–H groups in total. The van der Waals surface area contributed by atoms with Gasteiger partial charge in [-0.3, -0.25) is 9.69 Å². The molecule has 0 spiro atoms. The highest BCUT2D eigenvalue weighted by molar-refractivity contribution is 6.15. The summed E-state index contributed by atoms with van der Waals surface area (Å²) in [6.07, 6.45) is 1.93. The lowest BCUT2D eigenvalue weighted by Gasteiger charge is -2.26. The van der Waals surface area contributed by atoms with Crippen LogP contribution in [-0.2, 0) is 4.79 Å². The molecule has 164 valence electrons. The summed E-state index contributed by atoms with van der Waals surface area (Å²) in [4.78, 5) is 15.7. The third kappa shape index (κ3) is 3.41. The van der Waals surface area contributed by atoms with Crippen molar-refractivity contribution in [2.24, 2.45) is 0 Å². The minimum absolute atomic E-state index is 0.126. The van der Waals surface area contributed by atoms with Crippen molar-refractivity contribution in [3.63, 3.8) is 0 Å². The smallest absolute Gasteiger partial charge is 0.275 e. The second-order valence-electron chi connectivity index (χ2n) is 8.40. The number of halogens is 1. The van der Waals surface area contributed by atoms with Gasteiger partial charge in [0.15, 0.2) is 0 Å². The van der Waals surface area contributed by atoms with Crippen molar-refractivity contribution in [2.45, 2.75) is 6.04 Å². The van der Waals surface area contributed by atoms with E-state index in [9.17, 15) is 9.18 Å². The molecule has 1 heterocycles. The fraction of sp³-hybridized carbons (Fsp3) is 0.0333. The third-order valence-corrected chi connectivity index (χ3v) is 6.35. The molecule has 0 fully saturated rings. The Hall–Kier alpha value is -4.44. The van der Waals surface area contributed by atoms with E-state index in [-0.39, 0.29) is 17.8 Å². The molecule has 5 aromatic rings. The summed E-state index contributed by atoms with van der Waals surface area (Å²) < 4.78 is 13.7. The first-order valence-corrected chi connectivity index (χ1v) is 11.2. The molecule has 1 atom stereocenters. The van der Waals surface area contributed by atoms with Crippen LogP contribution >= 0.6 is 0 Å². The van der Waals surface area contributed by atoms with Gasteiger partial charge in [0.1, 0.15) is 11.5 Å². The minimum Gasteiger partial charge on any atom is -0.351 e. The molecular formula is C30H21FN2O. The largest absolute Gasteiger partial charge is 0.351 e. The molecular weight excluding hydrogens is 423 g/mol. The van der Waals surface area contributed by atoms with Gasteiger partial charge in [-0.2, -0.15) is 0 Å². The summed E-state index contributed by atoms with van der Waals surface area (Å²) in [5.74, 6) is -0.429. The first kappa shape index (κ1) is 20.2. The van der Waals surface area contributed by atoms with Crippen molar-refractivity contribution in [1.82, 2.24) is 0 Å². The first-order chi connectivity index (χ1) is 16.7. The Morgan fingerprint density at radius 1 is 0.676 bits per heavy atom. The van der Waals surface area contributed by atoms with Crippen molar-refractivity contribution >= 4 is 38.8 Å². The average molecular weight is 445 g/mol. The van der Waals surface area contributed by atoms with E-state index < -0.39 is 0 Å². The van der Waals surface area contributed by atoms with Gasteiger partial charge < -0.3 is 5.32 Å². The molecule has 1 amide bonds. The zero-order chi connectivity index (χ0) is 23.1. The molecule has 0 unspecified atom stereocenters. The van der Waals surface area contributed by atoms with E-state index in [0.29, 0.717) is 5.70 Å². The van der Waals surface area contributed by atoms with Crippen LogP contribution in [0.2, 0.25) is 0 Å². The predicted octanol–water partition coefficient (Wildman–Crippen LogP) is 7.22. The first-order valence-electron chi connectivity index (χ1n) is 11.2.